The predicted octanol–water partition coefficient (Wildman–Crippen LogP) is 2.25. The van der Waals surface area contributed by atoms with Crippen molar-refractivity contribution in [1.29, 1.82) is 0 Å². The predicted molar refractivity (Wildman–Crippen MR) is 59.0 cm³/mol. The van der Waals surface area contributed by atoms with E-state index in [2.05, 4.69) is 10.8 Å². The molecule has 3 nitrogen and oxygen atoms in total. The quantitative estimate of drug-likeness (QED) is 0.536. The molecule has 1 aliphatic heterocycles. The maximum absolute atomic E-state index is 11.2. The van der Waals surface area contributed by atoms with E-state index >= 15 is 0 Å². The fraction of sp³-hybridized carbons (Fsp3) is 0.385. The van der Waals surface area contributed by atoms with Gasteiger partial charge in [-0.3, -0.25) is 9.59 Å². The third-order valence-electron chi connectivity index (χ3n) is 2.77. The standard InChI is InChI=1S/C13H14O3/c1-8-3-9(2)5-10(4-8)11-6-12(14)16-13(15)7-11/h3-5,11H,6-7H2,1-2H3. The van der Waals surface area contributed by atoms with E-state index < -0.39 is 11.9 Å². The summed E-state index contributed by atoms with van der Waals surface area (Å²) in [7, 11) is 0. The molecule has 0 N–H and O–H groups in total. The number of carbonyl (C=O) groups is 2. The van der Waals surface area contributed by atoms with Crippen LogP contribution in [0.1, 0.15) is 35.4 Å². The molecule has 1 aromatic rings. The average molecular weight is 218 g/mol. The summed E-state index contributed by atoms with van der Waals surface area (Å²) >= 11 is 0. The van der Waals surface area contributed by atoms with Gasteiger partial charge in [-0.15, -0.1) is 0 Å². The zero-order chi connectivity index (χ0) is 11.7. The van der Waals surface area contributed by atoms with Gasteiger partial charge in [-0.05, 0) is 19.4 Å². The van der Waals surface area contributed by atoms with Crippen molar-refractivity contribution in [1.82, 2.24) is 0 Å². The molecule has 0 amide bonds. The van der Waals surface area contributed by atoms with Gasteiger partial charge in [0.25, 0.3) is 0 Å². The Labute approximate surface area is 94.4 Å². The Hall–Kier alpha value is -1.64. The summed E-state index contributed by atoms with van der Waals surface area (Å²) in [6.07, 6.45) is 0.600. The Morgan fingerprint density at radius 2 is 1.50 bits per heavy atom. The molecule has 3 heteroatoms. The lowest BCUT2D eigenvalue weighted by Crippen LogP contribution is -2.24. The van der Waals surface area contributed by atoms with E-state index in [9.17, 15) is 9.59 Å². The van der Waals surface area contributed by atoms with Crippen LogP contribution in [0, 0.1) is 13.8 Å². The highest BCUT2D eigenvalue weighted by Gasteiger charge is 2.28. The lowest BCUT2D eigenvalue weighted by Gasteiger charge is -2.20. The summed E-state index contributed by atoms with van der Waals surface area (Å²) in [5, 5.41) is 0. The molecule has 1 heterocycles. The van der Waals surface area contributed by atoms with Crippen molar-refractivity contribution in [3.05, 3.63) is 34.9 Å². The number of esters is 2. The minimum absolute atomic E-state index is 0.0210. The molecule has 1 fully saturated rings. The van der Waals surface area contributed by atoms with Crippen LogP contribution in [-0.4, -0.2) is 11.9 Å². The second-order valence-electron chi connectivity index (χ2n) is 4.37. The third-order valence-corrected chi connectivity index (χ3v) is 2.77. The van der Waals surface area contributed by atoms with Crippen LogP contribution in [0.3, 0.4) is 0 Å². The lowest BCUT2D eigenvalue weighted by molar-refractivity contribution is -0.163. The van der Waals surface area contributed by atoms with Crippen molar-refractivity contribution in [2.24, 2.45) is 0 Å². The van der Waals surface area contributed by atoms with Crippen molar-refractivity contribution in [2.45, 2.75) is 32.6 Å². The molecule has 0 spiro atoms. The second-order valence-corrected chi connectivity index (χ2v) is 4.37. The third kappa shape index (κ3) is 2.30. The number of carbonyl (C=O) groups excluding carboxylic acids is 2. The number of hydrogen-bond acceptors (Lipinski definition) is 3. The summed E-state index contributed by atoms with van der Waals surface area (Å²) in [4.78, 5) is 22.4. The van der Waals surface area contributed by atoms with E-state index in [0.29, 0.717) is 12.8 Å². The molecule has 1 aromatic carbocycles. The number of rotatable bonds is 1. The summed E-state index contributed by atoms with van der Waals surface area (Å²) < 4.78 is 4.52. The van der Waals surface area contributed by atoms with Gasteiger partial charge in [0.1, 0.15) is 0 Å². The number of benzene rings is 1. The van der Waals surface area contributed by atoms with Gasteiger partial charge >= 0.3 is 11.9 Å². The van der Waals surface area contributed by atoms with Crippen LogP contribution in [0.25, 0.3) is 0 Å². The largest absolute Gasteiger partial charge is 0.393 e. The molecule has 0 atom stereocenters. The highest BCUT2D eigenvalue weighted by molar-refractivity contribution is 5.89. The first kappa shape index (κ1) is 10.9. The molecule has 84 valence electrons. The normalized spacial score (nSPS) is 17.4. The molecule has 0 radical (unpaired) electrons. The topological polar surface area (TPSA) is 43.4 Å². The summed E-state index contributed by atoms with van der Waals surface area (Å²) in [5.41, 5.74) is 3.37. The van der Waals surface area contributed by atoms with E-state index in [1.807, 2.05) is 26.0 Å². The molecular weight excluding hydrogens is 204 g/mol. The molecular formula is C13H14O3. The van der Waals surface area contributed by atoms with Gasteiger partial charge in [0.15, 0.2) is 0 Å². The zero-order valence-electron chi connectivity index (χ0n) is 9.45. The van der Waals surface area contributed by atoms with Gasteiger partial charge in [-0.2, -0.15) is 0 Å². The first-order valence-corrected chi connectivity index (χ1v) is 5.36. The Morgan fingerprint density at radius 1 is 1.00 bits per heavy atom. The first-order chi connectivity index (χ1) is 7.54. The molecule has 2 rings (SSSR count). The van der Waals surface area contributed by atoms with Crippen LogP contribution in [-0.2, 0) is 14.3 Å². The lowest BCUT2D eigenvalue weighted by atomic mass is 9.89. The van der Waals surface area contributed by atoms with E-state index in [0.717, 1.165) is 16.7 Å². The molecule has 0 saturated carbocycles. The second kappa shape index (κ2) is 4.08. The molecule has 1 saturated heterocycles. The number of aryl methyl sites for hydroxylation is 2. The number of hydrogen-bond donors (Lipinski definition) is 0. The van der Waals surface area contributed by atoms with E-state index in [4.69, 9.17) is 0 Å². The Morgan fingerprint density at radius 3 is 2.00 bits per heavy atom. The summed E-state index contributed by atoms with van der Waals surface area (Å²) in [6.45, 7) is 4.03. The summed E-state index contributed by atoms with van der Waals surface area (Å²) in [5.74, 6) is -0.854. The fourth-order valence-corrected chi connectivity index (χ4v) is 2.17. The van der Waals surface area contributed by atoms with Gasteiger partial charge in [0, 0.05) is 5.92 Å². The maximum atomic E-state index is 11.2. The average Bonchev–Trinajstić information content (AvgIpc) is 2.14. The summed E-state index contributed by atoms with van der Waals surface area (Å²) in [6, 6.07) is 6.14. The van der Waals surface area contributed by atoms with Gasteiger partial charge in [-0.25, -0.2) is 0 Å². The molecule has 16 heavy (non-hydrogen) atoms. The Balaban J connectivity index is 2.29. The molecule has 0 aliphatic carbocycles. The fourth-order valence-electron chi connectivity index (χ4n) is 2.17. The first-order valence-electron chi connectivity index (χ1n) is 5.36. The van der Waals surface area contributed by atoms with Crippen LogP contribution < -0.4 is 0 Å². The van der Waals surface area contributed by atoms with Crippen molar-refractivity contribution in [3.63, 3.8) is 0 Å². The van der Waals surface area contributed by atoms with Crippen LogP contribution >= 0.6 is 0 Å². The van der Waals surface area contributed by atoms with Gasteiger partial charge < -0.3 is 4.74 Å². The van der Waals surface area contributed by atoms with Crippen molar-refractivity contribution < 1.29 is 14.3 Å². The van der Waals surface area contributed by atoms with Crippen molar-refractivity contribution in [3.8, 4) is 0 Å². The maximum Gasteiger partial charge on any atom is 0.314 e. The van der Waals surface area contributed by atoms with Gasteiger partial charge in [-0.1, -0.05) is 29.3 Å². The van der Waals surface area contributed by atoms with Gasteiger partial charge in [0.05, 0.1) is 12.8 Å². The van der Waals surface area contributed by atoms with Crippen LogP contribution in [0.15, 0.2) is 18.2 Å². The van der Waals surface area contributed by atoms with E-state index in [1.54, 1.807) is 0 Å². The minimum atomic E-state index is -0.416. The minimum Gasteiger partial charge on any atom is -0.393 e. The van der Waals surface area contributed by atoms with Crippen molar-refractivity contribution in [2.75, 3.05) is 0 Å². The Bertz CT molecular complexity index is 412. The highest BCUT2D eigenvalue weighted by atomic mass is 16.6. The molecule has 1 aliphatic rings. The number of cyclic esters (lactones) is 2. The van der Waals surface area contributed by atoms with Crippen LogP contribution in [0.5, 0.6) is 0 Å². The smallest absolute Gasteiger partial charge is 0.314 e. The SMILES string of the molecule is Cc1cc(C)cc(C2CC(=O)OC(=O)C2)c1. The Kier molecular flexibility index (Phi) is 2.77. The van der Waals surface area contributed by atoms with Crippen LogP contribution in [0.4, 0.5) is 0 Å². The highest BCUT2D eigenvalue weighted by Crippen LogP contribution is 2.29. The van der Waals surface area contributed by atoms with Crippen molar-refractivity contribution >= 4 is 11.9 Å². The monoisotopic (exact) mass is 218 g/mol. The zero-order valence-corrected chi connectivity index (χ0v) is 9.45. The van der Waals surface area contributed by atoms with E-state index in [1.165, 1.54) is 0 Å². The number of ether oxygens (including phenoxy) is 1. The van der Waals surface area contributed by atoms with E-state index in [-0.39, 0.29) is 5.92 Å². The molecule has 0 aromatic heterocycles. The van der Waals surface area contributed by atoms with Gasteiger partial charge in [0.2, 0.25) is 0 Å². The molecule has 0 bridgehead atoms. The van der Waals surface area contributed by atoms with Crippen LogP contribution in [0.2, 0.25) is 0 Å². The molecule has 0 unspecified atom stereocenters.